The van der Waals surface area contributed by atoms with Crippen LogP contribution in [0.2, 0.25) is 0 Å². The number of nitrogens with zero attached hydrogens (tertiary/aromatic N) is 2. The second-order valence-corrected chi connectivity index (χ2v) is 6.17. The summed E-state index contributed by atoms with van der Waals surface area (Å²) in [5.74, 6) is 0. The lowest BCUT2D eigenvalue weighted by Gasteiger charge is -2.26. The minimum atomic E-state index is -0.0581. The largest absolute Gasteiger partial charge is 0.346 e. The molecule has 23 heavy (non-hydrogen) atoms. The standard InChI is InChI=1S/C18H16N4O/c23-18-21-14-10-20-17-13(8-9-19-17)16(14)22(18)15-7-3-5-11-4-1-2-6-12(11)15/h1-2,4,6,8-10,15H,3,5,7H2,(H,19,20)(H,21,23)/t15-/m0/s1. The number of imidazole rings is 1. The first-order chi connectivity index (χ1) is 11.3. The number of aromatic amines is 2. The van der Waals surface area contributed by atoms with Gasteiger partial charge in [0.15, 0.2) is 0 Å². The molecule has 0 amide bonds. The maximum absolute atomic E-state index is 12.7. The molecule has 0 spiro atoms. The van der Waals surface area contributed by atoms with Crippen LogP contribution in [-0.4, -0.2) is 19.5 Å². The first-order valence-corrected chi connectivity index (χ1v) is 7.97. The Morgan fingerprint density at radius 1 is 1.22 bits per heavy atom. The molecule has 0 unspecified atom stereocenters. The van der Waals surface area contributed by atoms with Crippen molar-refractivity contribution in [1.29, 1.82) is 0 Å². The van der Waals surface area contributed by atoms with Crippen LogP contribution in [0.25, 0.3) is 22.1 Å². The molecule has 114 valence electrons. The SMILES string of the molecule is O=c1[nH]c2cnc3[nH]ccc3c2n1[C@H]1CCCc2ccccc21. The van der Waals surface area contributed by atoms with Gasteiger partial charge < -0.3 is 9.97 Å². The Kier molecular flexibility index (Phi) is 2.53. The number of nitrogens with one attached hydrogen (secondary N) is 2. The molecule has 0 aliphatic heterocycles. The number of hydrogen-bond donors (Lipinski definition) is 2. The zero-order chi connectivity index (χ0) is 15.4. The van der Waals surface area contributed by atoms with Crippen LogP contribution in [0.3, 0.4) is 0 Å². The quantitative estimate of drug-likeness (QED) is 0.567. The van der Waals surface area contributed by atoms with Gasteiger partial charge in [-0.3, -0.25) is 4.57 Å². The number of benzene rings is 1. The zero-order valence-corrected chi connectivity index (χ0v) is 12.5. The lowest BCUT2D eigenvalue weighted by Crippen LogP contribution is -2.26. The van der Waals surface area contributed by atoms with Crippen molar-refractivity contribution in [3.8, 4) is 0 Å². The van der Waals surface area contributed by atoms with E-state index in [0.29, 0.717) is 0 Å². The molecule has 3 aromatic heterocycles. The fourth-order valence-corrected chi connectivity index (χ4v) is 3.92. The maximum Gasteiger partial charge on any atom is 0.327 e. The number of fused-ring (bicyclic) bond motifs is 4. The third-order valence-corrected chi connectivity index (χ3v) is 4.91. The van der Waals surface area contributed by atoms with Gasteiger partial charge in [0, 0.05) is 11.6 Å². The summed E-state index contributed by atoms with van der Waals surface area (Å²) in [6.07, 6.45) is 6.78. The summed E-state index contributed by atoms with van der Waals surface area (Å²) in [4.78, 5) is 23.2. The Balaban J connectivity index is 1.86. The highest BCUT2D eigenvalue weighted by molar-refractivity contribution is 6.01. The van der Waals surface area contributed by atoms with Crippen molar-refractivity contribution in [2.24, 2.45) is 0 Å². The Morgan fingerprint density at radius 2 is 2.13 bits per heavy atom. The van der Waals surface area contributed by atoms with Crippen LogP contribution in [0.15, 0.2) is 47.5 Å². The van der Waals surface area contributed by atoms with Crippen LogP contribution < -0.4 is 5.69 Å². The van der Waals surface area contributed by atoms with Crippen molar-refractivity contribution < 1.29 is 0 Å². The lowest BCUT2D eigenvalue weighted by atomic mass is 9.87. The smallest absolute Gasteiger partial charge is 0.327 e. The summed E-state index contributed by atoms with van der Waals surface area (Å²) in [5.41, 5.74) is 5.12. The molecular formula is C18H16N4O. The van der Waals surface area contributed by atoms with Crippen molar-refractivity contribution >= 4 is 22.1 Å². The highest BCUT2D eigenvalue weighted by Gasteiger charge is 2.25. The number of rotatable bonds is 1. The molecule has 1 aromatic carbocycles. The van der Waals surface area contributed by atoms with Gasteiger partial charge in [0.2, 0.25) is 0 Å². The van der Waals surface area contributed by atoms with Gasteiger partial charge in [0.05, 0.1) is 23.3 Å². The fourth-order valence-electron chi connectivity index (χ4n) is 3.92. The normalized spacial score (nSPS) is 17.7. The summed E-state index contributed by atoms with van der Waals surface area (Å²) in [5, 5.41) is 0.990. The third kappa shape index (κ3) is 1.73. The number of aryl methyl sites for hydroxylation is 1. The molecule has 0 fully saturated rings. The van der Waals surface area contributed by atoms with Crippen LogP contribution in [0.4, 0.5) is 0 Å². The topological polar surface area (TPSA) is 66.5 Å². The maximum atomic E-state index is 12.7. The Bertz CT molecular complexity index is 1090. The number of aromatic nitrogens is 4. The summed E-state index contributed by atoms with van der Waals surface area (Å²) in [7, 11) is 0. The molecule has 5 heteroatoms. The number of hydrogen-bond acceptors (Lipinski definition) is 2. The molecule has 4 aromatic rings. The van der Waals surface area contributed by atoms with E-state index in [9.17, 15) is 4.79 Å². The van der Waals surface area contributed by atoms with Crippen molar-refractivity contribution in [1.82, 2.24) is 19.5 Å². The Morgan fingerprint density at radius 3 is 3.09 bits per heavy atom. The van der Waals surface area contributed by atoms with Gasteiger partial charge in [-0.15, -0.1) is 0 Å². The number of pyridine rings is 1. The van der Waals surface area contributed by atoms with Gasteiger partial charge in [-0.2, -0.15) is 0 Å². The van der Waals surface area contributed by atoms with E-state index in [4.69, 9.17) is 0 Å². The molecular weight excluding hydrogens is 288 g/mol. The van der Waals surface area contributed by atoms with Crippen LogP contribution in [-0.2, 0) is 6.42 Å². The highest BCUT2D eigenvalue weighted by atomic mass is 16.1. The minimum absolute atomic E-state index is 0.0581. The number of H-pyrrole nitrogens is 2. The second-order valence-electron chi connectivity index (χ2n) is 6.17. The molecule has 5 nitrogen and oxygen atoms in total. The highest BCUT2D eigenvalue weighted by Crippen LogP contribution is 2.34. The molecule has 0 saturated heterocycles. The van der Waals surface area contributed by atoms with Crippen molar-refractivity contribution in [3.05, 3.63) is 64.3 Å². The third-order valence-electron chi connectivity index (χ3n) is 4.91. The summed E-state index contributed by atoms with van der Waals surface area (Å²) in [6.45, 7) is 0. The van der Waals surface area contributed by atoms with E-state index >= 15 is 0 Å². The molecule has 1 atom stereocenters. The van der Waals surface area contributed by atoms with E-state index in [1.54, 1.807) is 6.20 Å². The van der Waals surface area contributed by atoms with Crippen LogP contribution in [0.5, 0.6) is 0 Å². The fraction of sp³-hybridized carbons (Fsp3) is 0.222. The summed E-state index contributed by atoms with van der Waals surface area (Å²) < 4.78 is 1.92. The van der Waals surface area contributed by atoms with E-state index < -0.39 is 0 Å². The second kappa shape index (κ2) is 4.59. The van der Waals surface area contributed by atoms with E-state index in [2.05, 4.69) is 39.2 Å². The molecule has 3 heterocycles. The first-order valence-electron chi connectivity index (χ1n) is 7.97. The molecule has 0 bridgehead atoms. The first kappa shape index (κ1) is 12.7. The minimum Gasteiger partial charge on any atom is -0.346 e. The average molecular weight is 304 g/mol. The Hall–Kier alpha value is -2.82. The summed E-state index contributed by atoms with van der Waals surface area (Å²) in [6, 6.07) is 10.5. The van der Waals surface area contributed by atoms with E-state index in [0.717, 1.165) is 41.3 Å². The van der Waals surface area contributed by atoms with E-state index in [1.165, 1.54) is 11.1 Å². The lowest BCUT2D eigenvalue weighted by molar-refractivity contribution is 0.490. The van der Waals surface area contributed by atoms with Gasteiger partial charge in [-0.25, -0.2) is 9.78 Å². The van der Waals surface area contributed by atoms with E-state index in [-0.39, 0.29) is 11.7 Å². The van der Waals surface area contributed by atoms with Crippen LogP contribution in [0, 0.1) is 0 Å². The molecule has 5 rings (SSSR count). The monoisotopic (exact) mass is 304 g/mol. The van der Waals surface area contributed by atoms with Crippen LogP contribution >= 0.6 is 0 Å². The molecule has 1 aliphatic carbocycles. The van der Waals surface area contributed by atoms with Crippen LogP contribution in [0.1, 0.15) is 30.0 Å². The molecule has 0 saturated carbocycles. The molecule has 0 radical (unpaired) electrons. The van der Waals surface area contributed by atoms with Crippen molar-refractivity contribution in [2.75, 3.05) is 0 Å². The van der Waals surface area contributed by atoms with Gasteiger partial charge >= 0.3 is 5.69 Å². The van der Waals surface area contributed by atoms with Gasteiger partial charge in [-0.1, -0.05) is 24.3 Å². The van der Waals surface area contributed by atoms with Gasteiger partial charge in [0.25, 0.3) is 0 Å². The van der Waals surface area contributed by atoms with Crippen molar-refractivity contribution in [3.63, 3.8) is 0 Å². The predicted octanol–water partition coefficient (Wildman–Crippen LogP) is 3.13. The predicted molar refractivity (Wildman–Crippen MR) is 89.7 cm³/mol. The molecule has 2 N–H and O–H groups in total. The Labute approximate surface area is 132 Å². The molecule has 1 aliphatic rings. The average Bonchev–Trinajstić information content (AvgIpc) is 3.17. The zero-order valence-electron chi connectivity index (χ0n) is 12.5. The van der Waals surface area contributed by atoms with Crippen molar-refractivity contribution in [2.45, 2.75) is 25.3 Å². The van der Waals surface area contributed by atoms with Gasteiger partial charge in [-0.05, 0) is 36.5 Å². The van der Waals surface area contributed by atoms with Gasteiger partial charge in [0.1, 0.15) is 5.65 Å². The summed E-state index contributed by atoms with van der Waals surface area (Å²) >= 11 is 0. The van der Waals surface area contributed by atoms with E-state index in [1.807, 2.05) is 16.8 Å².